The summed E-state index contributed by atoms with van der Waals surface area (Å²) in [5.74, 6) is 6.43. The third-order valence-electron chi connectivity index (χ3n) is 18.9. The Bertz CT molecular complexity index is 1280. The van der Waals surface area contributed by atoms with E-state index in [1.807, 2.05) is 14.2 Å². The number of aliphatic hydroxyl groups excluding tert-OH is 2. The minimum absolute atomic E-state index is 0. The van der Waals surface area contributed by atoms with Gasteiger partial charge in [0.2, 0.25) is 0 Å². The lowest BCUT2D eigenvalue weighted by molar-refractivity contribution is -0.195. The molecule has 8 saturated carbocycles. The van der Waals surface area contributed by atoms with Gasteiger partial charge < -0.3 is 19.7 Å². The standard InChI is InChI=1S/2C22H35NO2.CH4/c1-13-10-22(3)14(9-18(13)24)5-7-16-17-8-6-15(12-23)21(17,2)11-19(25-4)20(16)22;1-13-16-8-6-15-17-7-5-14(12-23)22(17,3)11-19(25-4)20(15)21(16,2)10-9-18(13)24;/h2*13-20,24H,5-11H2,1-4H3;1H4/t13-,14-,15+,16-,17-,18-,19-,20+,21+,22-;13-,14-,15+,16+,17+,18-,19+,20-,21+,22-;/m01./s1. The van der Waals surface area contributed by atoms with Gasteiger partial charge in [0, 0.05) is 14.2 Å². The first kappa shape index (κ1) is 39.5. The highest BCUT2D eigenvalue weighted by atomic mass is 16.5. The van der Waals surface area contributed by atoms with Crippen LogP contribution in [0.5, 0.6) is 0 Å². The Morgan fingerprint density at radius 1 is 0.588 bits per heavy atom. The lowest BCUT2D eigenvalue weighted by Gasteiger charge is -2.63. The van der Waals surface area contributed by atoms with Gasteiger partial charge >= 0.3 is 0 Å². The molecule has 20 atom stereocenters. The van der Waals surface area contributed by atoms with Crippen molar-refractivity contribution in [1.82, 2.24) is 0 Å². The zero-order valence-electron chi connectivity index (χ0n) is 32.7. The number of nitrogens with zero attached hydrogens (tertiary/aromatic N) is 2. The maximum atomic E-state index is 10.4. The summed E-state index contributed by atoms with van der Waals surface area (Å²) >= 11 is 0. The highest BCUT2D eigenvalue weighted by Gasteiger charge is 2.66. The summed E-state index contributed by atoms with van der Waals surface area (Å²) in [7, 11) is 3.77. The van der Waals surface area contributed by atoms with Crippen molar-refractivity contribution in [2.24, 2.45) is 92.7 Å². The van der Waals surface area contributed by atoms with Crippen molar-refractivity contribution in [3.63, 3.8) is 0 Å². The number of aliphatic hydroxyl groups is 2. The molecule has 0 heterocycles. The van der Waals surface area contributed by atoms with E-state index in [1.165, 1.54) is 38.5 Å². The van der Waals surface area contributed by atoms with Crippen LogP contribution in [-0.4, -0.2) is 48.8 Å². The fourth-order valence-corrected chi connectivity index (χ4v) is 16.4. The quantitative estimate of drug-likeness (QED) is 0.296. The molecule has 0 aliphatic heterocycles. The summed E-state index contributed by atoms with van der Waals surface area (Å²) in [6, 6.07) is 5.27. The zero-order valence-corrected chi connectivity index (χ0v) is 32.7. The average molecular weight is 707 g/mol. The van der Waals surface area contributed by atoms with Gasteiger partial charge in [-0.25, -0.2) is 0 Å². The molecule has 8 aliphatic rings. The fourth-order valence-electron chi connectivity index (χ4n) is 16.4. The highest BCUT2D eigenvalue weighted by Crippen LogP contribution is 2.70. The summed E-state index contributed by atoms with van der Waals surface area (Å²) in [6.07, 6.45) is 16.2. The van der Waals surface area contributed by atoms with Gasteiger partial charge in [0.05, 0.1) is 48.4 Å². The minimum atomic E-state index is -0.126. The molecular weight excluding hydrogens is 633 g/mol. The molecule has 0 radical (unpaired) electrons. The van der Waals surface area contributed by atoms with Gasteiger partial charge in [-0.3, -0.25) is 0 Å². The Labute approximate surface area is 311 Å². The summed E-state index contributed by atoms with van der Waals surface area (Å²) < 4.78 is 12.3. The molecule has 8 fully saturated rings. The van der Waals surface area contributed by atoms with Gasteiger partial charge in [-0.15, -0.1) is 0 Å². The third kappa shape index (κ3) is 5.80. The molecule has 51 heavy (non-hydrogen) atoms. The monoisotopic (exact) mass is 707 g/mol. The molecule has 6 nitrogen and oxygen atoms in total. The topological polar surface area (TPSA) is 107 Å². The number of hydrogen-bond donors (Lipinski definition) is 2. The molecule has 8 rings (SSSR count). The van der Waals surface area contributed by atoms with Gasteiger partial charge in [0.25, 0.3) is 0 Å². The van der Waals surface area contributed by atoms with E-state index < -0.39 is 0 Å². The van der Waals surface area contributed by atoms with Crippen LogP contribution in [0.15, 0.2) is 0 Å². The number of ether oxygens (including phenoxy) is 2. The van der Waals surface area contributed by atoms with Crippen molar-refractivity contribution >= 4 is 0 Å². The van der Waals surface area contributed by atoms with Crippen LogP contribution in [0, 0.1) is 115 Å². The average Bonchev–Trinajstić information content (AvgIpc) is 3.62. The Balaban J connectivity index is 0.000000172. The molecule has 2 N–H and O–H groups in total. The van der Waals surface area contributed by atoms with Gasteiger partial charge in [-0.2, -0.15) is 10.5 Å². The van der Waals surface area contributed by atoms with Crippen molar-refractivity contribution in [2.75, 3.05) is 14.2 Å². The molecule has 0 aromatic carbocycles. The lowest BCUT2D eigenvalue weighted by atomic mass is 9.42. The molecule has 0 spiro atoms. The summed E-state index contributed by atoms with van der Waals surface area (Å²) in [4.78, 5) is 0. The van der Waals surface area contributed by atoms with Crippen molar-refractivity contribution < 1.29 is 19.7 Å². The van der Waals surface area contributed by atoms with Crippen LogP contribution in [-0.2, 0) is 9.47 Å². The lowest BCUT2D eigenvalue weighted by Crippen LogP contribution is -2.60. The molecule has 0 aromatic rings. The first-order valence-electron chi connectivity index (χ1n) is 20.9. The van der Waals surface area contributed by atoms with Crippen LogP contribution in [0.4, 0.5) is 0 Å². The van der Waals surface area contributed by atoms with Crippen molar-refractivity contribution in [1.29, 1.82) is 10.5 Å². The van der Waals surface area contributed by atoms with Crippen LogP contribution < -0.4 is 0 Å². The Morgan fingerprint density at radius 3 is 1.59 bits per heavy atom. The Morgan fingerprint density at radius 2 is 1.08 bits per heavy atom. The maximum Gasteiger partial charge on any atom is 0.0661 e. The van der Waals surface area contributed by atoms with Gasteiger partial charge in [0.15, 0.2) is 0 Å². The van der Waals surface area contributed by atoms with E-state index in [0.717, 1.165) is 51.4 Å². The number of rotatable bonds is 2. The van der Waals surface area contributed by atoms with Gasteiger partial charge in [-0.05, 0) is 171 Å². The largest absolute Gasteiger partial charge is 0.393 e. The maximum absolute atomic E-state index is 10.4. The second kappa shape index (κ2) is 14.2. The van der Waals surface area contributed by atoms with E-state index in [9.17, 15) is 20.7 Å². The molecule has 288 valence electrons. The number of fused-ring (bicyclic) bond motifs is 10. The van der Waals surface area contributed by atoms with Crippen LogP contribution in [0.3, 0.4) is 0 Å². The van der Waals surface area contributed by atoms with Crippen LogP contribution in [0.2, 0.25) is 0 Å². The molecule has 0 amide bonds. The normalized spacial score (nSPS) is 56.8. The molecule has 8 aliphatic carbocycles. The third-order valence-corrected chi connectivity index (χ3v) is 18.9. The molecule has 0 bridgehead atoms. The predicted molar refractivity (Wildman–Crippen MR) is 202 cm³/mol. The number of methoxy groups -OCH3 is 2. The Kier molecular flexibility index (Phi) is 11.0. The van der Waals surface area contributed by atoms with E-state index in [-0.39, 0.29) is 65.3 Å². The van der Waals surface area contributed by atoms with Crippen LogP contribution in [0.1, 0.15) is 139 Å². The van der Waals surface area contributed by atoms with E-state index >= 15 is 0 Å². The molecule has 0 aromatic heterocycles. The summed E-state index contributed by atoms with van der Waals surface area (Å²) in [5, 5.41) is 40.3. The van der Waals surface area contributed by atoms with Gasteiger partial charge in [-0.1, -0.05) is 49.0 Å². The fraction of sp³-hybridized carbons (Fsp3) is 0.956. The molecule has 6 heteroatoms. The Hall–Kier alpha value is -1.18. The minimum Gasteiger partial charge on any atom is -0.393 e. The first-order chi connectivity index (χ1) is 23.7. The van der Waals surface area contributed by atoms with Crippen molar-refractivity contribution in [3.8, 4) is 12.1 Å². The predicted octanol–water partition coefficient (Wildman–Crippen LogP) is 9.44. The molecule has 0 unspecified atom stereocenters. The highest BCUT2D eigenvalue weighted by molar-refractivity contribution is 5.17. The second-order valence-corrected chi connectivity index (χ2v) is 20.5. The van der Waals surface area contributed by atoms with Crippen molar-refractivity contribution in [3.05, 3.63) is 0 Å². The number of nitriles is 2. The van der Waals surface area contributed by atoms with Crippen LogP contribution >= 0.6 is 0 Å². The SMILES string of the molecule is C.CO[C@H]1C[C@]2(C)[C@@H](C#N)CC[C@H]2[C@@H]2CC[C@H]3C[C@H](O)[C@@H](C)C[C@]3(C)[C@H]21.CO[C@H]1C[C@]2(C)[C@@H](C#N)CC[C@H]2[C@@H]2CC[C@H]3[C@@H](C)[C@H](O)CC[C@]3(C)[C@H]21. The van der Waals surface area contributed by atoms with E-state index in [4.69, 9.17) is 9.47 Å². The van der Waals surface area contributed by atoms with Crippen molar-refractivity contribution in [2.45, 2.75) is 163 Å². The van der Waals surface area contributed by atoms with E-state index in [2.05, 4.69) is 53.7 Å². The number of hydrogen-bond acceptors (Lipinski definition) is 6. The van der Waals surface area contributed by atoms with E-state index in [1.54, 1.807) is 0 Å². The second-order valence-electron chi connectivity index (χ2n) is 20.5. The van der Waals surface area contributed by atoms with Crippen LogP contribution in [0.25, 0.3) is 0 Å². The molecular formula is C45H74N2O4. The van der Waals surface area contributed by atoms with E-state index in [0.29, 0.717) is 59.2 Å². The van der Waals surface area contributed by atoms with Gasteiger partial charge in [0.1, 0.15) is 0 Å². The first-order valence-corrected chi connectivity index (χ1v) is 20.9. The zero-order chi connectivity index (χ0) is 36.0. The summed E-state index contributed by atoms with van der Waals surface area (Å²) in [6.45, 7) is 14.3. The summed E-state index contributed by atoms with van der Waals surface area (Å²) in [5.41, 5.74) is 0.849. The smallest absolute Gasteiger partial charge is 0.0661 e. The molecule has 0 saturated heterocycles.